The minimum Gasteiger partial charge on any atom is -0.389 e. The van der Waals surface area contributed by atoms with Crippen molar-refractivity contribution in [3.8, 4) is 0 Å². The number of rotatable bonds is 2. The van der Waals surface area contributed by atoms with Gasteiger partial charge in [-0.15, -0.1) is 0 Å². The Bertz CT molecular complexity index is 507. The zero-order chi connectivity index (χ0) is 23.2. The van der Waals surface area contributed by atoms with E-state index in [0.717, 1.165) is 52.4 Å². The molecule has 3 rings (SSSR count). The largest absolute Gasteiger partial charge is 0.389 e. The fourth-order valence-electron chi connectivity index (χ4n) is 4.40. The molecule has 3 fully saturated rings. The summed E-state index contributed by atoms with van der Waals surface area (Å²) >= 11 is 0. The van der Waals surface area contributed by atoms with Gasteiger partial charge in [-0.2, -0.15) is 0 Å². The van der Waals surface area contributed by atoms with Crippen LogP contribution in [0.3, 0.4) is 0 Å². The second-order valence-electron chi connectivity index (χ2n) is 9.89. The van der Waals surface area contributed by atoms with E-state index in [-0.39, 0.29) is 25.3 Å². The Morgan fingerprint density at radius 3 is 1.25 bits per heavy atom. The molecule has 3 saturated heterocycles. The lowest BCUT2D eigenvalue weighted by Crippen LogP contribution is -2.54. The van der Waals surface area contributed by atoms with Crippen LogP contribution >= 0.6 is 0 Å². The molecule has 4 N–H and O–H groups in total. The van der Waals surface area contributed by atoms with Crippen molar-refractivity contribution < 1.29 is 29.2 Å². The van der Waals surface area contributed by atoms with Gasteiger partial charge in [0.25, 0.3) is 0 Å². The lowest BCUT2D eigenvalue weighted by atomic mass is 10.1. The normalized spacial score (nSPS) is 36.9. The van der Waals surface area contributed by atoms with Crippen LogP contribution in [0.15, 0.2) is 0 Å². The molecular weight excluding hydrogens is 416 g/mol. The SMILES string of the molecule is CC1(C)OCC(N2CCNCCN(C3COC(C)(C)OC[C@H]3O)CCNCC2)[C@H](O)CO1. The minimum absolute atomic E-state index is 0.0959. The minimum atomic E-state index is -0.672. The fraction of sp³-hybridized carbons (Fsp3) is 1.00. The Morgan fingerprint density at radius 1 is 0.594 bits per heavy atom. The van der Waals surface area contributed by atoms with E-state index in [1.54, 1.807) is 0 Å². The third kappa shape index (κ3) is 7.83. The summed E-state index contributed by atoms with van der Waals surface area (Å²) in [6, 6.07) is -0.192. The van der Waals surface area contributed by atoms with Gasteiger partial charge in [-0.1, -0.05) is 0 Å². The highest BCUT2D eigenvalue weighted by Gasteiger charge is 2.36. The first-order valence-electron chi connectivity index (χ1n) is 12.0. The highest BCUT2D eigenvalue weighted by Crippen LogP contribution is 2.21. The van der Waals surface area contributed by atoms with Gasteiger partial charge in [-0.25, -0.2) is 0 Å². The van der Waals surface area contributed by atoms with Crippen LogP contribution < -0.4 is 10.6 Å². The summed E-state index contributed by atoms with van der Waals surface area (Å²) in [5, 5.41) is 28.3. The van der Waals surface area contributed by atoms with Crippen LogP contribution in [0.25, 0.3) is 0 Å². The van der Waals surface area contributed by atoms with Crippen molar-refractivity contribution >= 4 is 0 Å². The van der Waals surface area contributed by atoms with E-state index >= 15 is 0 Å². The summed E-state index contributed by atoms with van der Waals surface area (Å²) in [5.74, 6) is -1.34. The maximum Gasteiger partial charge on any atom is 0.162 e. The molecule has 0 spiro atoms. The summed E-state index contributed by atoms with van der Waals surface area (Å²) in [7, 11) is 0. The van der Waals surface area contributed by atoms with Crippen molar-refractivity contribution in [1.82, 2.24) is 20.4 Å². The van der Waals surface area contributed by atoms with Crippen LogP contribution in [0.1, 0.15) is 27.7 Å². The molecule has 3 aliphatic heterocycles. The van der Waals surface area contributed by atoms with Crippen LogP contribution in [0.2, 0.25) is 0 Å². The van der Waals surface area contributed by atoms with Crippen LogP contribution in [-0.2, 0) is 18.9 Å². The Kier molecular flexibility index (Phi) is 9.69. The Hall–Kier alpha value is -0.400. The van der Waals surface area contributed by atoms with Crippen LogP contribution in [0, 0.1) is 0 Å². The number of nitrogens with one attached hydrogen (secondary N) is 2. The third-order valence-corrected chi connectivity index (χ3v) is 6.54. The van der Waals surface area contributed by atoms with Crippen molar-refractivity contribution in [1.29, 1.82) is 0 Å². The molecule has 2 unspecified atom stereocenters. The predicted molar refractivity (Wildman–Crippen MR) is 120 cm³/mol. The number of hydrogen-bond donors (Lipinski definition) is 4. The molecule has 0 radical (unpaired) electrons. The molecule has 188 valence electrons. The van der Waals surface area contributed by atoms with Crippen molar-refractivity contribution in [3.63, 3.8) is 0 Å². The summed E-state index contributed by atoms with van der Waals surface area (Å²) in [4.78, 5) is 4.58. The van der Waals surface area contributed by atoms with Gasteiger partial charge in [-0.05, 0) is 27.7 Å². The van der Waals surface area contributed by atoms with Gasteiger partial charge in [0.15, 0.2) is 11.6 Å². The van der Waals surface area contributed by atoms with Crippen molar-refractivity contribution in [3.05, 3.63) is 0 Å². The highest BCUT2D eigenvalue weighted by atomic mass is 16.7. The number of ether oxygens (including phenoxy) is 4. The first kappa shape index (κ1) is 26.2. The topological polar surface area (TPSA) is 108 Å². The first-order valence-corrected chi connectivity index (χ1v) is 12.0. The number of nitrogens with zero attached hydrogens (tertiary/aromatic N) is 2. The molecule has 0 aliphatic carbocycles. The lowest BCUT2D eigenvalue weighted by molar-refractivity contribution is -0.204. The maximum absolute atomic E-state index is 10.6. The van der Waals surface area contributed by atoms with E-state index < -0.39 is 23.8 Å². The van der Waals surface area contributed by atoms with Crippen molar-refractivity contribution in [2.24, 2.45) is 0 Å². The number of aliphatic hydroxyl groups is 2. The van der Waals surface area contributed by atoms with Gasteiger partial charge in [0.05, 0.1) is 50.7 Å². The van der Waals surface area contributed by atoms with E-state index in [1.807, 2.05) is 27.7 Å². The average Bonchev–Trinajstić information content (AvgIpc) is 2.95. The molecule has 3 aliphatic rings. The summed E-state index contributed by atoms with van der Waals surface area (Å²) in [5.41, 5.74) is 0. The summed E-state index contributed by atoms with van der Waals surface area (Å²) in [6.07, 6.45) is -1.16. The molecule has 0 amide bonds. The summed E-state index contributed by atoms with van der Waals surface area (Å²) < 4.78 is 23.2. The standard InChI is InChI=1S/C22H44N4O6/c1-21(2)29-13-17(19(27)15-31-21)25-9-5-23-7-11-26(12-8-24-6-10-25)18-14-30-22(3,4)32-16-20(18)28/h17-20,23-24,27-28H,5-16H2,1-4H3/t17?,18?,19-,20-/m1/s1. The van der Waals surface area contributed by atoms with E-state index in [1.165, 1.54) is 0 Å². The molecule has 10 nitrogen and oxygen atoms in total. The Morgan fingerprint density at radius 2 is 0.906 bits per heavy atom. The molecule has 0 saturated carbocycles. The molecular formula is C22H44N4O6. The van der Waals surface area contributed by atoms with E-state index in [2.05, 4.69) is 20.4 Å². The van der Waals surface area contributed by atoms with Gasteiger partial charge in [0, 0.05) is 52.4 Å². The smallest absolute Gasteiger partial charge is 0.162 e. The second-order valence-corrected chi connectivity index (χ2v) is 9.89. The Labute approximate surface area is 192 Å². The van der Waals surface area contributed by atoms with Gasteiger partial charge < -0.3 is 39.8 Å². The quantitative estimate of drug-likeness (QED) is 0.402. The maximum atomic E-state index is 10.6. The monoisotopic (exact) mass is 460 g/mol. The van der Waals surface area contributed by atoms with Gasteiger partial charge >= 0.3 is 0 Å². The van der Waals surface area contributed by atoms with E-state index in [9.17, 15) is 10.2 Å². The number of hydrogen-bond acceptors (Lipinski definition) is 10. The summed E-state index contributed by atoms with van der Waals surface area (Å²) in [6.45, 7) is 15.4. The molecule has 0 aromatic carbocycles. The lowest BCUT2D eigenvalue weighted by Gasteiger charge is -2.35. The zero-order valence-electron chi connectivity index (χ0n) is 20.2. The fourth-order valence-corrected chi connectivity index (χ4v) is 4.40. The first-order chi connectivity index (χ1) is 15.2. The predicted octanol–water partition coefficient (Wildman–Crippen LogP) is -1.19. The molecule has 4 atom stereocenters. The van der Waals surface area contributed by atoms with Gasteiger partial charge in [0.2, 0.25) is 0 Å². The van der Waals surface area contributed by atoms with Crippen LogP contribution in [0.4, 0.5) is 0 Å². The van der Waals surface area contributed by atoms with Crippen LogP contribution in [-0.4, -0.2) is 135 Å². The van der Waals surface area contributed by atoms with Gasteiger partial charge in [0.1, 0.15) is 0 Å². The zero-order valence-corrected chi connectivity index (χ0v) is 20.2. The van der Waals surface area contributed by atoms with E-state index in [4.69, 9.17) is 18.9 Å². The molecule has 32 heavy (non-hydrogen) atoms. The number of aliphatic hydroxyl groups excluding tert-OH is 2. The average molecular weight is 461 g/mol. The van der Waals surface area contributed by atoms with Crippen LogP contribution in [0.5, 0.6) is 0 Å². The van der Waals surface area contributed by atoms with Crippen molar-refractivity contribution in [2.75, 3.05) is 78.8 Å². The molecule has 3 heterocycles. The molecule has 0 bridgehead atoms. The molecule has 0 aromatic rings. The van der Waals surface area contributed by atoms with Gasteiger partial charge in [-0.3, -0.25) is 9.80 Å². The van der Waals surface area contributed by atoms with E-state index in [0.29, 0.717) is 13.2 Å². The molecule has 10 heteroatoms. The second kappa shape index (κ2) is 11.8. The third-order valence-electron chi connectivity index (χ3n) is 6.54. The molecule has 0 aromatic heterocycles. The van der Waals surface area contributed by atoms with Crippen molar-refractivity contribution in [2.45, 2.75) is 63.6 Å². The highest BCUT2D eigenvalue weighted by molar-refractivity contribution is 4.86. The Balaban J connectivity index is 1.54.